The lowest BCUT2D eigenvalue weighted by atomic mass is 9.85. The highest BCUT2D eigenvalue weighted by atomic mass is 35.5. The van der Waals surface area contributed by atoms with Crippen LogP contribution in [0.1, 0.15) is 35.6 Å². The summed E-state index contributed by atoms with van der Waals surface area (Å²) >= 11 is 1.63. The molecule has 0 bridgehead atoms. The van der Waals surface area contributed by atoms with Crippen LogP contribution in [0.3, 0.4) is 0 Å². The molecule has 1 amide bonds. The molecule has 0 aliphatic heterocycles. The van der Waals surface area contributed by atoms with E-state index in [-0.39, 0.29) is 42.7 Å². The SMILES string of the molecule is Cc1ncc(CNC(=O)C2CCCC(N)C2)s1.Cl.Cl. The molecule has 2 rings (SSSR count). The van der Waals surface area contributed by atoms with Crippen LogP contribution >= 0.6 is 36.2 Å². The van der Waals surface area contributed by atoms with Crippen molar-refractivity contribution in [3.8, 4) is 0 Å². The minimum Gasteiger partial charge on any atom is -0.351 e. The summed E-state index contributed by atoms with van der Waals surface area (Å²) in [6, 6.07) is 0.199. The topological polar surface area (TPSA) is 68.0 Å². The van der Waals surface area contributed by atoms with Crippen LogP contribution in [-0.4, -0.2) is 16.9 Å². The molecule has 0 aromatic carbocycles. The van der Waals surface area contributed by atoms with Crippen molar-refractivity contribution in [3.63, 3.8) is 0 Å². The van der Waals surface area contributed by atoms with Gasteiger partial charge in [-0.05, 0) is 26.2 Å². The van der Waals surface area contributed by atoms with Crippen LogP contribution in [0.25, 0.3) is 0 Å². The second kappa shape index (κ2) is 8.74. The number of amides is 1. The van der Waals surface area contributed by atoms with Crippen molar-refractivity contribution in [2.75, 3.05) is 0 Å². The number of halogens is 2. The Morgan fingerprint density at radius 1 is 1.53 bits per heavy atom. The van der Waals surface area contributed by atoms with Crippen molar-refractivity contribution in [2.45, 2.75) is 45.2 Å². The minimum absolute atomic E-state index is 0. The van der Waals surface area contributed by atoms with Gasteiger partial charge in [0.2, 0.25) is 5.91 Å². The van der Waals surface area contributed by atoms with E-state index in [4.69, 9.17) is 5.73 Å². The normalized spacial score (nSPS) is 22.0. The van der Waals surface area contributed by atoms with Gasteiger partial charge in [0.1, 0.15) is 0 Å². The minimum atomic E-state index is 0. The molecule has 1 saturated carbocycles. The Balaban J connectivity index is 0.00000162. The Hall–Kier alpha value is -0.360. The van der Waals surface area contributed by atoms with Gasteiger partial charge >= 0.3 is 0 Å². The first kappa shape index (κ1) is 18.6. The monoisotopic (exact) mass is 325 g/mol. The molecule has 1 aliphatic rings. The maximum Gasteiger partial charge on any atom is 0.223 e. The van der Waals surface area contributed by atoms with Crippen LogP contribution in [0.15, 0.2) is 6.20 Å². The van der Waals surface area contributed by atoms with Gasteiger partial charge in [0.15, 0.2) is 0 Å². The average molecular weight is 326 g/mol. The molecule has 0 saturated heterocycles. The van der Waals surface area contributed by atoms with Crippen LogP contribution in [0.4, 0.5) is 0 Å². The summed E-state index contributed by atoms with van der Waals surface area (Å²) in [6.07, 6.45) is 5.75. The molecule has 2 unspecified atom stereocenters. The average Bonchev–Trinajstić information content (AvgIpc) is 2.72. The molecule has 19 heavy (non-hydrogen) atoms. The third-order valence-corrected chi connectivity index (χ3v) is 4.10. The van der Waals surface area contributed by atoms with E-state index >= 15 is 0 Å². The summed E-state index contributed by atoms with van der Waals surface area (Å²) in [5.74, 6) is 0.249. The van der Waals surface area contributed by atoms with Gasteiger partial charge in [-0.1, -0.05) is 6.42 Å². The summed E-state index contributed by atoms with van der Waals surface area (Å²) in [7, 11) is 0. The largest absolute Gasteiger partial charge is 0.351 e. The molecule has 1 aliphatic carbocycles. The predicted octanol–water partition coefficient (Wildman–Crippen LogP) is 2.43. The summed E-state index contributed by atoms with van der Waals surface area (Å²) in [6.45, 7) is 2.56. The Bertz CT molecular complexity index is 400. The molecule has 7 heteroatoms. The third kappa shape index (κ3) is 5.65. The number of hydrogen-bond donors (Lipinski definition) is 2. The van der Waals surface area contributed by atoms with Crippen molar-refractivity contribution in [1.29, 1.82) is 0 Å². The van der Waals surface area contributed by atoms with Gasteiger partial charge in [0.05, 0.1) is 11.6 Å². The van der Waals surface area contributed by atoms with Crippen molar-refractivity contribution in [2.24, 2.45) is 11.7 Å². The second-order valence-corrected chi connectivity index (χ2v) is 6.01. The number of aryl methyl sites for hydroxylation is 1. The number of carbonyl (C=O) groups excluding carboxylic acids is 1. The summed E-state index contributed by atoms with van der Waals surface area (Å²) < 4.78 is 0. The van der Waals surface area contributed by atoms with Gasteiger partial charge < -0.3 is 11.1 Å². The van der Waals surface area contributed by atoms with Gasteiger partial charge in [-0.2, -0.15) is 0 Å². The molecule has 1 aromatic heterocycles. The highest BCUT2D eigenvalue weighted by Crippen LogP contribution is 2.23. The number of carbonyl (C=O) groups is 1. The number of nitrogens with two attached hydrogens (primary N) is 1. The first-order valence-corrected chi connectivity index (χ1v) is 6.91. The third-order valence-electron chi connectivity index (χ3n) is 3.19. The Morgan fingerprint density at radius 2 is 2.26 bits per heavy atom. The van der Waals surface area contributed by atoms with Crippen LogP contribution in [0, 0.1) is 12.8 Å². The molecule has 0 spiro atoms. The molecule has 3 N–H and O–H groups in total. The molecule has 4 nitrogen and oxygen atoms in total. The number of rotatable bonds is 3. The van der Waals surface area contributed by atoms with Crippen LogP contribution in [-0.2, 0) is 11.3 Å². The Morgan fingerprint density at radius 3 is 2.84 bits per heavy atom. The van der Waals surface area contributed by atoms with E-state index in [0.29, 0.717) is 6.54 Å². The van der Waals surface area contributed by atoms with Gasteiger partial charge in [-0.25, -0.2) is 4.98 Å². The summed E-state index contributed by atoms with van der Waals surface area (Å²) in [4.78, 5) is 17.2. The lowest BCUT2D eigenvalue weighted by Gasteiger charge is -2.25. The maximum absolute atomic E-state index is 11.9. The number of nitrogens with zero attached hydrogens (tertiary/aromatic N) is 1. The van der Waals surface area contributed by atoms with E-state index in [0.717, 1.165) is 35.6 Å². The summed E-state index contributed by atoms with van der Waals surface area (Å²) in [5.41, 5.74) is 5.89. The maximum atomic E-state index is 11.9. The highest BCUT2D eigenvalue weighted by Gasteiger charge is 2.24. The smallest absolute Gasteiger partial charge is 0.223 e. The zero-order valence-corrected chi connectivity index (χ0v) is 13.4. The first-order valence-electron chi connectivity index (χ1n) is 6.09. The van der Waals surface area contributed by atoms with Crippen LogP contribution in [0.2, 0.25) is 0 Å². The van der Waals surface area contributed by atoms with E-state index < -0.39 is 0 Å². The van der Waals surface area contributed by atoms with Crippen molar-refractivity contribution >= 4 is 42.1 Å². The van der Waals surface area contributed by atoms with Crippen LogP contribution in [0.5, 0.6) is 0 Å². The molecular formula is C12H21Cl2N3OS. The van der Waals surface area contributed by atoms with Crippen LogP contribution < -0.4 is 11.1 Å². The standard InChI is InChI=1S/C12H19N3OS.2ClH/c1-8-14-6-11(17-8)7-15-12(16)9-3-2-4-10(13)5-9;;/h6,9-10H,2-5,7,13H2,1H3,(H,15,16);2*1H. The van der Waals surface area contributed by atoms with Gasteiger partial charge in [-0.15, -0.1) is 36.2 Å². The second-order valence-electron chi connectivity index (χ2n) is 4.69. The zero-order valence-electron chi connectivity index (χ0n) is 10.9. The molecular weight excluding hydrogens is 305 g/mol. The highest BCUT2D eigenvalue weighted by molar-refractivity contribution is 7.11. The molecule has 110 valence electrons. The van der Waals surface area contributed by atoms with E-state index in [2.05, 4.69) is 10.3 Å². The van der Waals surface area contributed by atoms with Crippen molar-refractivity contribution in [3.05, 3.63) is 16.1 Å². The number of thiazole rings is 1. The van der Waals surface area contributed by atoms with Gasteiger partial charge in [-0.3, -0.25) is 4.79 Å². The zero-order chi connectivity index (χ0) is 12.3. The fourth-order valence-corrected chi connectivity index (χ4v) is 3.01. The van der Waals surface area contributed by atoms with E-state index in [9.17, 15) is 4.79 Å². The molecule has 1 fully saturated rings. The summed E-state index contributed by atoms with van der Waals surface area (Å²) in [5, 5.41) is 4.01. The van der Waals surface area contributed by atoms with E-state index in [1.165, 1.54) is 0 Å². The van der Waals surface area contributed by atoms with Gasteiger partial charge in [0, 0.05) is 23.0 Å². The van der Waals surface area contributed by atoms with Gasteiger partial charge in [0.25, 0.3) is 0 Å². The predicted molar refractivity (Wildman–Crippen MR) is 83.1 cm³/mol. The van der Waals surface area contributed by atoms with Crippen molar-refractivity contribution < 1.29 is 4.79 Å². The fourth-order valence-electron chi connectivity index (χ4n) is 2.27. The molecule has 1 aromatic rings. The molecule has 1 heterocycles. The van der Waals surface area contributed by atoms with E-state index in [1.54, 1.807) is 11.3 Å². The molecule has 0 radical (unpaired) electrons. The number of nitrogens with one attached hydrogen (secondary N) is 1. The first-order chi connectivity index (χ1) is 8.15. The number of hydrogen-bond acceptors (Lipinski definition) is 4. The number of aromatic nitrogens is 1. The van der Waals surface area contributed by atoms with Crippen molar-refractivity contribution in [1.82, 2.24) is 10.3 Å². The van der Waals surface area contributed by atoms with E-state index in [1.807, 2.05) is 13.1 Å². The molecule has 2 atom stereocenters. The Labute approximate surface area is 130 Å². The lowest BCUT2D eigenvalue weighted by molar-refractivity contribution is -0.126. The lowest BCUT2D eigenvalue weighted by Crippen LogP contribution is -2.37. The fraction of sp³-hybridized carbons (Fsp3) is 0.667. The quantitative estimate of drug-likeness (QED) is 0.896. The Kier molecular flexibility index (Phi) is 8.57.